The Morgan fingerprint density at radius 3 is 2.41 bits per heavy atom. The SMILES string of the molecule is CC(C)(N)C(=O)Nc1ccc(C(=O)O)cc1Cl. The number of carbonyl (C=O) groups excluding carboxylic acids is 1. The fourth-order valence-electron chi connectivity index (χ4n) is 1.03. The molecule has 0 spiro atoms. The van der Waals surface area contributed by atoms with E-state index < -0.39 is 17.4 Å². The Bertz CT molecular complexity index is 466. The molecular formula is C11H13ClN2O3. The van der Waals surface area contributed by atoms with Crippen LogP contribution in [0.25, 0.3) is 0 Å². The van der Waals surface area contributed by atoms with Crippen LogP contribution in [-0.2, 0) is 4.79 Å². The zero-order valence-corrected chi connectivity index (χ0v) is 10.2. The van der Waals surface area contributed by atoms with E-state index in [9.17, 15) is 9.59 Å². The van der Waals surface area contributed by atoms with Gasteiger partial charge >= 0.3 is 5.97 Å². The highest BCUT2D eigenvalue weighted by atomic mass is 35.5. The molecule has 0 aliphatic heterocycles. The first-order valence-electron chi connectivity index (χ1n) is 4.85. The molecule has 0 bridgehead atoms. The summed E-state index contributed by atoms with van der Waals surface area (Å²) in [6.07, 6.45) is 0. The lowest BCUT2D eigenvalue weighted by molar-refractivity contribution is -0.120. The number of carboxylic acid groups (broad SMARTS) is 1. The number of rotatable bonds is 3. The topological polar surface area (TPSA) is 92.4 Å². The molecule has 0 atom stereocenters. The van der Waals surface area contributed by atoms with Gasteiger partial charge in [-0.3, -0.25) is 4.79 Å². The highest BCUT2D eigenvalue weighted by Gasteiger charge is 2.22. The van der Waals surface area contributed by atoms with Gasteiger partial charge in [0.05, 0.1) is 21.8 Å². The van der Waals surface area contributed by atoms with Crippen LogP contribution in [0.3, 0.4) is 0 Å². The number of amides is 1. The average molecular weight is 257 g/mol. The van der Waals surface area contributed by atoms with Crippen molar-refractivity contribution >= 4 is 29.2 Å². The number of aromatic carboxylic acids is 1. The molecule has 1 amide bonds. The van der Waals surface area contributed by atoms with Crippen LogP contribution in [0.15, 0.2) is 18.2 Å². The lowest BCUT2D eigenvalue weighted by Gasteiger charge is -2.18. The number of carboxylic acids is 1. The zero-order valence-electron chi connectivity index (χ0n) is 9.45. The number of nitrogens with two attached hydrogens (primary N) is 1. The van der Waals surface area contributed by atoms with Crippen LogP contribution in [0.5, 0.6) is 0 Å². The number of nitrogens with one attached hydrogen (secondary N) is 1. The number of hydrogen-bond acceptors (Lipinski definition) is 3. The first-order valence-corrected chi connectivity index (χ1v) is 5.23. The molecule has 92 valence electrons. The third-order valence-electron chi connectivity index (χ3n) is 2.05. The molecule has 4 N–H and O–H groups in total. The molecule has 0 fully saturated rings. The highest BCUT2D eigenvalue weighted by molar-refractivity contribution is 6.34. The molecule has 1 aromatic rings. The van der Waals surface area contributed by atoms with Gasteiger partial charge in [0.25, 0.3) is 0 Å². The van der Waals surface area contributed by atoms with Crippen molar-refractivity contribution in [1.29, 1.82) is 0 Å². The molecule has 0 aromatic heterocycles. The second-order valence-corrected chi connectivity index (χ2v) is 4.58. The van der Waals surface area contributed by atoms with Crippen LogP contribution in [0.1, 0.15) is 24.2 Å². The Hall–Kier alpha value is -1.59. The molecule has 1 rings (SSSR count). The summed E-state index contributed by atoms with van der Waals surface area (Å²) in [5.74, 6) is -1.48. The monoisotopic (exact) mass is 256 g/mol. The maximum Gasteiger partial charge on any atom is 0.335 e. The minimum atomic E-state index is -1.08. The summed E-state index contributed by atoms with van der Waals surface area (Å²) in [6.45, 7) is 3.11. The molecule has 0 heterocycles. The second-order valence-electron chi connectivity index (χ2n) is 4.18. The molecule has 0 unspecified atom stereocenters. The van der Waals surface area contributed by atoms with Crippen molar-refractivity contribution in [3.8, 4) is 0 Å². The fourth-order valence-corrected chi connectivity index (χ4v) is 1.26. The predicted octanol–water partition coefficient (Wildman–Crippen LogP) is 1.71. The Balaban J connectivity index is 2.95. The highest BCUT2D eigenvalue weighted by Crippen LogP contribution is 2.23. The van der Waals surface area contributed by atoms with Crippen molar-refractivity contribution < 1.29 is 14.7 Å². The average Bonchev–Trinajstić information content (AvgIpc) is 2.19. The smallest absolute Gasteiger partial charge is 0.335 e. The Labute approximate surface area is 104 Å². The van der Waals surface area contributed by atoms with Gasteiger partial charge in [-0.15, -0.1) is 0 Å². The Morgan fingerprint density at radius 1 is 1.41 bits per heavy atom. The summed E-state index contributed by atoms with van der Waals surface area (Å²) in [7, 11) is 0. The van der Waals surface area contributed by atoms with Crippen molar-refractivity contribution in [2.24, 2.45) is 5.73 Å². The largest absolute Gasteiger partial charge is 0.478 e. The maximum atomic E-state index is 11.6. The zero-order chi connectivity index (χ0) is 13.2. The van der Waals surface area contributed by atoms with E-state index in [4.69, 9.17) is 22.4 Å². The molecule has 0 saturated heterocycles. The Morgan fingerprint density at radius 2 is 2.00 bits per heavy atom. The number of carbonyl (C=O) groups is 2. The van der Waals surface area contributed by atoms with Gasteiger partial charge in [0.15, 0.2) is 0 Å². The third kappa shape index (κ3) is 3.44. The Kier molecular flexibility index (Phi) is 3.75. The van der Waals surface area contributed by atoms with Crippen LogP contribution in [0.2, 0.25) is 5.02 Å². The van der Waals surface area contributed by atoms with Crippen molar-refractivity contribution in [1.82, 2.24) is 0 Å². The molecule has 1 aromatic carbocycles. The summed E-state index contributed by atoms with van der Waals surface area (Å²) < 4.78 is 0. The molecule has 17 heavy (non-hydrogen) atoms. The van der Waals surface area contributed by atoms with E-state index in [-0.39, 0.29) is 10.6 Å². The van der Waals surface area contributed by atoms with E-state index in [1.54, 1.807) is 13.8 Å². The van der Waals surface area contributed by atoms with Gasteiger partial charge in [-0.1, -0.05) is 11.6 Å². The summed E-state index contributed by atoms with van der Waals surface area (Å²) in [6, 6.07) is 4.05. The fraction of sp³-hybridized carbons (Fsp3) is 0.273. The summed E-state index contributed by atoms with van der Waals surface area (Å²) in [5.41, 5.74) is 4.96. The van der Waals surface area contributed by atoms with Crippen molar-refractivity contribution in [3.05, 3.63) is 28.8 Å². The van der Waals surface area contributed by atoms with E-state index in [0.717, 1.165) is 0 Å². The van der Waals surface area contributed by atoms with E-state index in [0.29, 0.717) is 5.69 Å². The van der Waals surface area contributed by atoms with E-state index >= 15 is 0 Å². The molecule has 5 nitrogen and oxygen atoms in total. The lowest BCUT2D eigenvalue weighted by Crippen LogP contribution is -2.45. The van der Waals surface area contributed by atoms with Crippen molar-refractivity contribution in [2.75, 3.05) is 5.32 Å². The van der Waals surface area contributed by atoms with Crippen LogP contribution in [0.4, 0.5) is 5.69 Å². The van der Waals surface area contributed by atoms with Gasteiger partial charge < -0.3 is 16.2 Å². The quantitative estimate of drug-likeness (QED) is 0.768. The summed E-state index contributed by atoms with van der Waals surface area (Å²) in [4.78, 5) is 22.3. The predicted molar refractivity (Wildman–Crippen MR) is 65.3 cm³/mol. The van der Waals surface area contributed by atoms with Crippen LogP contribution >= 0.6 is 11.6 Å². The first-order chi connectivity index (χ1) is 7.71. The van der Waals surface area contributed by atoms with Gasteiger partial charge in [-0.2, -0.15) is 0 Å². The molecule has 0 saturated carbocycles. The number of anilines is 1. The van der Waals surface area contributed by atoms with Gasteiger partial charge in [0.1, 0.15) is 0 Å². The number of hydrogen-bond donors (Lipinski definition) is 3. The van der Waals surface area contributed by atoms with Crippen LogP contribution < -0.4 is 11.1 Å². The van der Waals surface area contributed by atoms with Crippen molar-refractivity contribution in [3.63, 3.8) is 0 Å². The third-order valence-corrected chi connectivity index (χ3v) is 2.36. The van der Waals surface area contributed by atoms with Gasteiger partial charge in [-0.05, 0) is 32.0 Å². The van der Waals surface area contributed by atoms with E-state index in [2.05, 4.69) is 5.32 Å². The number of halogens is 1. The lowest BCUT2D eigenvalue weighted by atomic mass is 10.1. The second kappa shape index (κ2) is 4.73. The van der Waals surface area contributed by atoms with Gasteiger partial charge in [0.2, 0.25) is 5.91 Å². The van der Waals surface area contributed by atoms with Crippen molar-refractivity contribution in [2.45, 2.75) is 19.4 Å². The molecule has 0 radical (unpaired) electrons. The minimum Gasteiger partial charge on any atom is -0.478 e. The molecule has 6 heteroatoms. The standard InChI is InChI=1S/C11H13ClN2O3/c1-11(2,13)10(17)14-8-4-3-6(9(15)16)5-7(8)12/h3-5H,13H2,1-2H3,(H,14,17)(H,15,16). The normalized spacial score (nSPS) is 11.1. The summed E-state index contributed by atoms with van der Waals surface area (Å²) in [5, 5.41) is 11.4. The summed E-state index contributed by atoms with van der Waals surface area (Å²) >= 11 is 5.85. The molecular weight excluding hydrogens is 244 g/mol. The van der Waals surface area contributed by atoms with Crippen LogP contribution in [0, 0.1) is 0 Å². The van der Waals surface area contributed by atoms with E-state index in [1.165, 1.54) is 18.2 Å². The molecule has 0 aliphatic rings. The van der Waals surface area contributed by atoms with Crippen LogP contribution in [-0.4, -0.2) is 22.5 Å². The first kappa shape index (κ1) is 13.5. The maximum absolute atomic E-state index is 11.6. The van der Waals surface area contributed by atoms with E-state index in [1.807, 2.05) is 0 Å². The minimum absolute atomic E-state index is 0.0556. The number of benzene rings is 1. The van der Waals surface area contributed by atoms with Gasteiger partial charge in [0, 0.05) is 0 Å². The molecule has 0 aliphatic carbocycles. The van der Waals surface area contributed by atoms with Gasteiger partial charge in [-0.25, -0.2) is 4.79 Å².